The van der Waals surface area contributed by atoms with E-state index < -0.39 is 29.2 Å². The minimum absolute atomic E-state index is 0.0343. The third-order valence-corrected chi connectivity index (χ3v) is 5.00. The molecule has 164 valence electrons. The minimum atomic E-state index is -4.71. The van der Waals surface area contributed by atoms with Gasteiger partial charge in [-0.1, -0.05) is 11.8 Å². The standard InChI is InChI=1S/C21H16F3N5O3/c1-29-8-6-20(32,19(29)31)5-4-12-9-13(21(22,23)24)11-14(10-12)26-18(30)16-15-3-2-7-25-17(15)28-27-16/h2-3,7,9-11,32H,6,8H2,1H3,(H,26,30)(H,25,27,28)/t20-/m0/s1. The zero-order chi connectivity index (χ0) is 23.1. The number of anilines is 1. The van der Waals surface area contributed by atoms with Crippen LogP contribution >= 0.6 is 0 Å². The lowest BCUT2D eigenvalue weighted by molar-refractivity contribution is -0.138. The van der Waals surface area contributed by atoms with Crippen LogP contribution in [0.5, 0.6) is 0 Å². The van der Waals surface area contributed by atoms with Crippen molar-refractivity contribution in [3.05, 3.63) is 53.3 Å². The number of aliphatic hydroxyl groups is 1. The van der Waals surface area contributed by atoms with E-state index in [-0.39, 0.29) is 35.6 Å². The molecule has 11 heteroatoms. The minimum Gasteiger partial charge on any atom is -0.369 e. The number of halogens is 3. The lowest BCUT2D eigenvalue weighted by Crippen LogP contribution is -2.37. The van der Waals surface area contributed by atoms with Crippen LogP contribution in [0, 0.1) is 11.8 Å². The van der Waals surface area contributed by atoms with Gasteiger partial charge in [-0.2, -0.15) is 18.3 Å². The van der Waals surface area contributed by atoms with Gasteiger partial charge >= 0.3 is 6.18 Å². The molecule has 0 unspecified atom stereocenters. The third kappa shape index (κ3) is 4.00. The molecule has 1 aliphatic rings. The third-order valence-electron chi connectivity index (χ3n) is 5.00. The Morgan fingerprint density at radius 1 is 1.34 bits per heavy atom. The Balaban J connectivity index is 1.68. The number of likely N-dealkylation sites (N-methyl/N-ethyl adjacent to an activating group) is 1. The lowest BCUT2D eigenvalue weighted by atomic mass is 10.0. The van der Waals surface area contributed by atoms with Gasteiger partial charge in [0.15, 0.2) is 5.65 Å². The summed E-state index contributed by atoms with van der Waals surface area (Å²) in [6, 6.07) is 5.97. The predicted octanol–water partition coefficient (Wildman–Crippen LogP) is 2.17. The molecule has 0 saturated carbocycles. The molecule has 32 heavy (non-hydrogen) atoms. The summed E-state index contributed by atoms with van der Waals surface area (Å²) >= 11 is 0. The number of carbonyl (C=O) groups is 2. The second-order valence-electron chi connectivity index (χ2n) is 7.31. The summed E-state index contributed by atoms with van der Waals surface area (Å²) in [6.07, 6.45) is -3.18. The van der Waals surface area contributed by atoms with Crippen molar-refractivity contribution in [2.45, 2.75) is 18.2 Å². The van der Waals surface area contributed by atoms with E-state index >= 15 is 0 Å². The zero-order valence-corrected chi connectivity index (χ0v) is 16.6. The monoisotopic (exact) mass is 443 g/mol. The van der Waals surface area contributed by atoms with Crippen molar-refractivity contribution in [2.75, 3.05) is 18.9 Å². The average Bonchev–Trinajstić information content (AvgIpc) is 3.29. The highest BCUT2D eigenvalue weighted by molar-refractivity contribution is 6.10. The number of amides is 2. The summed E-state index contributed by atoms with van der Waals surface area (Å²) in [7, 11) is 1.49. The zero-order valence-electron chi connectivity index (χ0n) is 16.6. The summed E-state index contributed by atoms with van der Waals surface area (Å²) in [6.45, 7) is 0.279. The first kappa shape index (κ1) is 21.3. The summed E-state index contributed by atoms with van der Waals surface area (Å²) in [5.41, 5.74) is -2.98. The van der Waals surface area contributed by atoms with Crippen molar-refractivity contribution >= 4 is 28.5 Å². The van der Waals surface area contributed by atoms with Crippen molar-refractivity contribution in [1.29, 1.82) is 0 Å². The lowest BCUT2D eigenvalue weighted by Gasteiger charge is -2.14. The number of fused-ring (bicyclic) bond motifs is 1. The molecule has 0 aliphatic carbocycles. The normalized spacial score (nSPS) is 18.5. The van der Waals surface area contributed by atoms with Gasteiger partial charge in [-0.25, -0.2) is 4.98 Å². The number of carbonyl (C=O) groups excluding carboxylic acids is 2. The van der Waals surface area contributed by atoms with Crippen LogP contribution < -0.4 is 5.32 Å². The molecule has 4 rings (SSSR count). The highest BCUT2D eigenvalue weighted by atomic mass is 19.4. The van der Waals surface area contributed by atoms with Crippen molar-refractivity contribution in [3.63, 3.8) is 0 Å². The smallest absolute Gasteiger partial charge is 0.369 e. The molecule has 8 nitrogen and oxygen atoms in total. The van der Waals surface area contributed by atoms with Gasteiger partial charge in [-0.05, 0) is 30.3 Å². The number of nitrogens with one attached hydrogen (secondary N) is 2. The molecular formula is C21H16F3N5O3. The van der Waals surface area contributed by atoms with Gasteiger partial charge in [0, 0.05) is 37.5 Å². The molecule has 3 N–H and O–H groups in total. The van der Waals surface area contributed by atoms with Crippen molar-refractivity contribution in [3.8, 4) is 11.8 Å². The number of aromatic amines is 1. The van der Waals surface area contributed by atoms with E-state index in [9.17, 15) is 27.9 Å². The quantitative estimate of drug-likeness (QED) is 0.526. The second-order valence-corrected chi connectivity index (χ2v) is 7.31. The first-order valence-electron chi connectivity index (χ1n) is 9.41. The SMILES string of the molecule is CN1CC[C@@](O)(C#Cc2cc(NC(=O)c3[nH]nc4ncccc34)cc(C(F)(F)F)c2)C1=O. The van der Waals surface area contributed by atoms with Gasteiger partial charge in [0.1, 0.15) is 5.69 Å². The number of H-pyrrole nitrogens is 1. The Bertz CT molecular complexity index is 1290. The van der Waals surface area contributed by atoms with E-state index in [1.807, 2.05) is 0 Å². The summed E-state index contributed by atoms with van der Waals surface area (Å²) in [4.78, 5) is 30.0. The van der Waals surface area contributed by atoms with Gasteiger partial charge < -0.3 is 15.3 Å². The number of hydrogen-bond acceptors (Lipinski definition) is 5. The number of aromatic nitrogens is 3. The van der Waals surface area contributed by atoms with Crippen LogP contribution in [0.4, 0.5) is 18.9 Å². The molecule has 1 fully saturated rings. The molecule has 0 radical (unpaired) electrons. The Morgan fingerprint density at radius 2 is 2.12 bits per heavy atom. The Kier molecular flexibility index (Phi) is 5.10. The van der Waals surface area contributed by atoms with Crippen molar-refractivity contribution in [2.24, 2.45) is 0 Å². The van der Waals surface area contributed by atoms with Crippen LogP contribution in [0.1, 0.15) is 28.0 Å². The fourth-order valence-electron chi connectivity index (χ4n) is 3.30. The molecule has 2 amide bonds. The predicted molar refractivity (Wildman–Crippen MR) is 107 cm³/mol. The van der Waals surface area contributed by atoms with Gasteiger partial charge in [0.05, 0.1) is 10.9 Å². The number of benzene rings is 1. The Hall–Kier alpha value is -3.91. The van der Waals surface area contributed by atoms with Gasteiger partial charge in [0.2, 0.25) is 5.60 Å². The molecule has 1 saturated heterocycles. The van der Waals surface area contributed by atoms with Crippen molar-refractivity contribution in [1.82, 2.24) is 20.1 Å². The van der Waals surface area contributed by atoms with Gasteiger partial charge in [-0.3, -0.25) is 14.7 Å². The van der Waals surface area contributed by atoms with Crippen LogP contribution in [0.15, 0.2) is 36.5 Å². The van der Waals surface area contributed by atoms with E-state index in [0.717, 1.165) is 12.1 Å². The summed E-state index contributed by atoms with van der Waals surface area (Å²) in [5, 5.41) is 19.6. The maximum absolute atomic E-state index is 13.4. The van der Waals surface area contributed by atoms with Crippen LogP contribution in [-0.4, -0.2) is 56.2 Å². The van der Waals surface area contributed by atoms with E-state index in [0.29, 0.717) is 5.39 Å². The summed E-state index contributed by atoms with van der Waals surface area (Å²) < 4.78 is 40.2. The Morgan fingerprint density at radius 3 is 2.81 bits per heavy atom. The number of pyridine rings is 1. The van der Waals surface area contributed by atoms with Crippen LogP contribution in [0.25, 0.3) is 11.0 Å². The molecule has 0 bridgehead atoms. The number of nitrogens with zero attached hydrogens (tertiary/aromatic N) is 3. The van der Waals surface area contributed by atoms with Crippen LogP contribution in [0.3, 0.4) is 0 Å². The molecule has 1 aromatic carbocycles. The van der Waals surface area contributed by atoms with E-state index in [1.165, 1.54) is 24.2 Å². The van der Waals surface area contributed by atoms with E-state index in [2.05, 4.69) is 32.3 Å². The largest absolute Gasteiger partial charge is 0.416 e. The van der Waals surface area contributed by atoms with E-state index in [1.54, 1.807) is 12.1 Å². The van der Waals surface area contributed by atoms with Gasteiger partial charge in [0.25, 0.3) is 11.8 Å². The maximum atomic E-state index is 13.4. The molecule has 1 atom stereocenters. The van der Waals surface area contributed by atoms with Crippen molar-refractivity contribution < 1.29 is 27.9 Å². The van der Waals surface area contributed by atoms with Crippen LogP contribution in [-0.2, 0) is 11.0 Å². The molecule has 0 spiro atoms. The highest BCUT2D eigenvalue weighted by Crippen LogP contribution is 2.32. The fourth-order valence-corrected chi connectivity index (χ4v) is 3.30. The first-order chi connectivity index (χ1) is 15.1. The average molecular weight is 443 g/mol. The second kappa shape index (κ2) is 7.65. The number of alkyl halides is 3. The van der Waals surface area contributed by atoms with E-state index in [4.69, 9.17) is 0 Å². The topological polar surface area (TPSA) is 111 Å². The summed E-state index contributed by atoms with van der Waals surface area (Å²) in [5.74, 6) is 3.48. The molecule has 2 aromatic heterocycles. The number of hydrogen-bond donors (Lipinski definition) is 3. The van der Waals surface area contributed by atoms with Crippen LogP contribution in [0.2, 0.25) is 0 Å². The number of rotatable bonds is 2. The fraction of sp³-hybridized carbons (Fsp3) is 0.238. The Labute approximate surface area is 179 Å². The molecule has 3 aromatic rings. The molecule has 1 aliphatic heterocycles. The first-order valence-corrected chi connectivity index (χ1v) is 9.41. The molecular weight excluding hydrogens is 427 g/mol. The highest BCUT2D eigenvalue weighted by Gasteiger charge is 2.42. The molecule has 3 heterocycles. The van der Waals surface area contributed by atoms with Gasteiger partial charge in [-0.15, -0.1) is 0 Å². The maximum Gasteiger partial charge on any atom is 0.416 e. The number of likely N-dealkylation sites (tertiary alicyclic amines) is 1.